The quantitative estimate of drug-likeness (QED) is 0.723. The summed E-state index contributed by atoms with van der Waals surface area (Å²) in [7, 11) is 0. The Balaban J connectivity index is 3.33. The van der Waals surface area contributed by atoms with E-state index >= 15 is 0 Å². The summed E-state index contributed by atoms with van der Waals surface area (Å²) in [6.45, 7) is 1.59. The van der Waals surface area contributed by atoms with Gasteiger partial charge in [-0.1, -0.05) is 34.8 Å². The van der Waals surface area contributed by atoms with Gasteiger partial charge >= 0.3 is 0 Å². The molecule has 0 amide bonds. The molecule has 1 aromatic rings. The van der Waals surface area contributed by atoms with Crippen LogP contribution in [0.25, 0.3) is 0 Å². The number of aliphatic hydroxyl groups is 1. The summed E-state index contributed by atoms with van der Waals surface area (Å²) in [4.78, 5) is 0. The number of benzene rings is 1. The van der Waals surface area contributed by atoms with Crippen molar-refractivity contribution in [3.63, 3.8) is 0 Å². The van der Waals surface area contributed by atoms with Crippen molar-refractivity contribution in [1.29, 1.82) is 0 Å². The summed E-state index contributed by atoms with van der Waals surface area (Å²) in [5.74, 6) is 0. The molecule has 0 unspecified atom stereocenters. The largest absolute Gasteiger partial charge is 0.389 e. The minimum atomic E-state index is -0.705. The smallest absolute Gasteiger partial charge is 0.0791 e. The van der Waals surface area contributed by atoms with Gasteiger partial charge in [0.15, 0.2) is 0 Å². The normalized spacial score (nSPS) is 13.1. The fourth-order valence-electron chi connectivity index (χ4n) is 0.926. The molecule has 66 valence electrons. The van der Waals surface area contributed by atoms with E-state index in [1.807, 2.05) is 0 Å². The summed E-state index contributed by atoms with van der Waals surface area (Å²) in [6.07, 6.45) is -0.705. The molecule has 1 N–H and O–H groups in total. The second kappa shape index (κ2) is 3.84. The zero-order valence-corrected chi connectivity index (χ0v) is 8.58. The topological polar surface area (TPSA) is 20.2 Å². The Labute approximate surface area is 85.9 Å². The van der Waals surface area contributed by atoms with Crippen LogP contribution in [0.2, 0.25) is 15.1 Å². The summed E-state index contributed by atoms with van der Waals surface area (Å²) in [6, 6.07) is 3.20. The van der Waals surface area contributed by atoms with E-state index in [0.29, 0.717) is 20.6 Å². The number of halogens is 3. The predicted octanol–water partition coefficient (Wildman–Crippen LogP) is 3.70. The molecule has 0 aromatic heterocycles. The molecule has 1 nitrogen and oxygen atoms in total. The SMILES string of the molecule is C[C@H](O)c1c(Cl)ccc(Cl)c1Cl. The monoisotopic (exact) mass is 224 g/mol. The van der Waals surface area contributed by atoms with Gasteiger partial charge in [-0.2, -0.15) is 0 Å². The molecule has 0 radical (unpaired) electrons. The van der Waals surface area contributed by atoms with Gasteiger partial charge in [0.05, 0.1) is 16.1 Å². The average molecular weight is 226 g/mol. The van der Waals surface area contributed by atoms with Crippen molar-refractivity contribution in [1.82, 2.24) is 0 Å². The lowest BCUT2D eigenvalue weighted by atomic mass is 10.1. The highest BCUT2D eigenvalue weighted by molar-refractivity contribution is 6.44. The van der Waals surface area contributed by atoms with Gasteiger partial charge < -0.3 is 5.11 Å². The van der Waals surface area contributed by atoms with E-state index in [0.717, 1.165) is 0 Å². The van der Waals surface area contributed by atoms with Crippen LogP contribution in [0.3, 0.4) is 0 Å². The molecule has 4 heteroatoms. The van der Waals surface area contributed by atoms with Crippen LogP contribution in [-0.4, -0.2) is 5.11 Å². The van der Waals surface area contributed by atoms with Crippen molar-refractivity contribution in [2.45, 2.75) is 13.0 Å². The molecule has 0 heterocycles. The third kappa shape index (κ3) is 1.86. The van der Waals surface area contributed by atoms with Crippen LogP contribution in [-0.2, 0) is 0 Å². The fraction of sp³-hybridized carbons (Fsp3) is 0.250. The molecule has 0 aliphatic carbocycles. The molecule has 0 bridgehead atoms. The first-order chi connectivity index (χ1) is 5.54. The Morgan fingerprint density at radius 2 is 1.67 bits per heavy atom. The number of rotatable bonds is 1. The first kappa shape index (κ1) is 10.1. The van der Waals surface area contributed by atoms with Crippen molar-refractivity contribution in [2.24, 2.45) is 0 Å². The third-order valence-electron chi connectivity index (χ3n) is 1.50. The summed E-state index contributed by atoms with van der Waals surface area (Å²) in [5.41, 5.74) is 0.478. The second-order valence-electron chi connectivity index (χ2n) is 2.43. The van der Waals surface area contributed by atoms with E-state index in [1.165, 1.54) is 0 Å². The second-order valence-corrected chi connectivity index (χ2v) is 3.63. The molecule has 12 heavy (non-hydrogen) atoms. The van der Waals surface area contributed by atoms with E-state index < -0.39 is 6.10 Å². The van der Waals surface area contributed by atoms with Gasteiger partial charge in [0.1, 0.15) is 0 Å². The van der Waals surface area contributed by atoms with Crippen LogP contribution in [0.15, 0.2) is 12.1 Å². The molecular formula is C8H7Cl3O. The van der Waals surface area contributed by atoms with E-state index in [-0.39, 0.29) is 0 Å². The van der Waals surface area contributed by atoms with Crippen molar-refractivity contribution in [3.05, 3.63) is 32.8 Å². The highest BCUT2D eigenvalue weighted by atomic mass is 35.5. The zero-order valence-electron chi connectivity index (χ0n) is 6.31. The Bertz CT molecular complexity index is 297. The van der Waals surface area contributed by atoms with E-state index in [4.69, 9.17) is 34.8 Å². The van der Waals surface area contributed by atoms with Crippen LogP contribution in [0, 0.1) is 0 Å². The number of hydrogen-bond donors (Lipinski definition) is 1. The Hall–Kier alpha value is 0.0500. The Kier molecular flexibility index (Phi) is 3.24. The molecule has 0 fully saturated rings. The lowest BCUT2D eigenvalue weighted by molar-refractivity contribution is 0.199. The molecule has 0 aliphatic heterocycles. The summed E-state index contributed by atoms with van der Waals surface area (Å²) in [5, 5.41) is 10.4. The maximum Gasteiger partial charge on any atom is 0.0791 e. The Morgan fingerprint density at radius 1 is 1.17 bits per heavy atom. The predicted molar refractivity (Wildman–Crippen MR) is 52.1 cm³/mol. The highest BCUT2D eigenvalue weighted by Crippen LogP contribution is 2.35. The molecular weight excluding hydrogens is 218 g/mol. The first-order valence-corrected chi connectivity index (χ1v) is 4.49. The Morgan fingerprint density at radius 3 is 2.08 bits per heavy atom. The van der Waals surface area contributed by atoms with Gasteiger partial charge in [0.2, 0.25) is 0 Å². The minimum Gasteiger partial charge on any atom is -0.389 e. The van der Waals surface area contributed by atoms with Crippen molar-refractivity contribution in [3.8, 4) is 0 Å². The highest BCUT2D eigenvalue weighted by Gasteiger charge is 2.13. The molecule has 0 saturated carbocycles. The van der Waals surface area contributed by atoms with Crippen LogP contribution in [0.5, 0.6) is 0 Å². The van der Waals surface area contributed by atoms with Gasteiger partial charge in [-0.05, 0) is 19.1 Å². The van der Waals surface area contributed by atoms with E-state index in [9.17, 15) is 5.11 Å². The summed E-state index contributed by atoms with van der Waals surface area (Å²) >= 11 is 17.3. The van der Waals surface area contributed by atoms with Crippen LogP contribution < -0.4 is 0 Å². The maximum absolute atomic E-state index is 9.28. The van der Waals surface area contributed by atoms with Gasteiger partial charge in [-0.3, -0.25) is 0 Å². The zero-order chi connectivity index (χ0) is 9.30. The van der Waals surface area contributed by atoms with Crippen molar-refractivity contribution >= 4 is 34.8 Å². The molecule has 0 spiro atoms. The average Bonchev–Trinajstić information content (AvgIpc) is 1.97. The molecule has 1 atom stereocenters. The van der Waals surface area contributed by atoms with Crippen molar-refractivity contribution < 1.29 is 5.11 Å². The molecule has 0 aliphatic rings. The van der Waals surface area contributed by atoms with Crippen LogP contribution >= 0.6 is 34.8 Å². The van der Waals surface area contributed by atoms with Crippen LogP contribution in [0.4, 0.5) is 0 Å². The number of hydrogen-bond acceptors (Lipinski definition) is 1. The van der Waals surface area contributed by atoms with Gasteiger partial charge in [-0.25, -0.2) is 0 Å². The maximum atomic E-state index is 9.28. The van der Waals surface area contributed by atoms with Gasteiger partial charge in [-0.15, -0.1) is 0 Å². The van der Waals surface area contributed by atoms with Crippen molar-refractivity contribution in [2.75, 3.05) is 0 Å². The van der Waals surface area contributed by atoms with Gasteiger partial charge in [0.25, 0.3) is 0 Å². The lowest BCUT2D eigenvalue weighted by Crippen LogP contribution is -1.93. The standard InChI is InChI=1S/C8H7Cl3O/c1-4(12)7-5(9)2-3-6(10)8(7)11/h2-4,12H,1H3/t4-/m0/s1. The molecule has 0 saturated heterocycles. The fourth-order valence-corrected chi connectivity index (χ4v) is 1.78. The molecule has 1 rings (SSSR count). The lowest BCUT2D eigenvalue weighted by Gasteiger charge is -2.10. The minimum absolute atomic E-state index is 0.319. The van der Waals surface area contributed by atoms with Gasteiger partial charge in [0, 0.05) is 10.6 Å². The molecule has 1 aromatic carbocycles. The van der Waals surface area contributed by atoms with E-state index in [2.05, 4.69) is 0 Å². The van der Waals surface area contributed by atoms with Crippen LogP contribution in [0.1, 0.15) is 18.6 Å². The summed E-state index contributed by atoms with van der Waals surface area (Å²) < 4.78 is 0. The number of aliphatic hydroxyl groups excluding tert-OH is 1. The third-order valence-corrected chi connectivity index (χ3v) is 2.65. The first-order valence-electron chi connectivity index (χ1n) is 3.35. The van der Waals surface area contributed by atoms with E-state index in [1.54, 1.807) is 19.1 Å².